The van der Waals surface area contributed by atoms with Crippen LogP contribution in [0.15, 0.2) is 36.8 Å². The zero-order valence-electron chi connectivity index (χ0n) is 19.6. The highest BCUT2D eigenvalue weighted by atomic mass is 19.1. The zero-order valence-corrected chi connectivity index (χ0v) is 19.6. The van der Waals surface area contributed by atoms with Crippen LogP contribution < -0.4 is 15.1 Å². The number of aryl methyl sites for hydroxylation is 1. The number of phenols is 2. The summed E-state index contributed by atoms with van der Waals surface area (Å²) < 4.78 is 15.4. The second-order valence-electron chi connectivity index (χ2n) is 8.31. The molecule has 1 aliphatic rings. The molecule has 8 nitrogen and oxygen atoms in total. The van der Waals surface area contributed by atoms with E-state index >= 15 is 0 Å². The molecule has 2 aromatic heterocycles. The lowest BCUT2D eigenvalue weighted by Gasteiger charge is -2.28. The van der Waals surface area contributed by atoms with Gasteiger partial charge in [0.05, 0.1) is 29.3 Å². The van der Waals surface area contributed by atoms with Gasteiger partial charge in [0.2, 0.25) is 0 Å². The zero-order chi connectivity index (χ0) is 24.2. The lowest BCUT2D eigenvalue weighted by Crippen LogP contribution is -2.44. The predicted octanol–water partition coefficient (Wildman–Crippen LogP) is 3.69. The van der Waals surface area contributed by atoms with Gasteiger partial charge in [-0.15, -0.1) is 0 Å². The summed E-state index contributed by atoms with van der Waals surface area (Å²) in [7, 11) is 0. The first-order valence-electron chi connectivity index (χ1n) is 11.4. The van der Waals surface area contributed by atoms with Crippen molar-refractivity contribution in [2.24, 2.45) is 0 Å². The molecule has 4 rings (SSSR count). The third-order valence-electron chi connectivity index (χ3n) is 6.01. The maximum absolute atomic E-state index is 13.9. The first kappa shape index (κ1) is 23.6. The van der Waals surface area contributed by atoms with Crippen molar-refractivity contribution in [1.82, 2.24) is 20.0 Å². The van der Waals surface area contributed by atoms with Crippen LogP contribution in [0.1, 0.15) is 48.9 Å². The molecule has 3 aromatic rings. The molecule has 3 N–H and O–H groups in total. The minimum absolute atomic E-state index is 0.00779. The Balaban J connectivity index is 1.64. The van der Waals surface area contributed by atoms with Crippen molar-refractivity contribution in [3.63, 3.8) is 0 Å². The molecular weight excluding hydrogens is 437 g/mol. The molecule has 0 aliphatic carbocycles. The van der Waals surface area contributed by atoms with Crippen molar-refractivity contribution in [3.8, 4) is 11.5 Å². The summed E-state index contributed by atoms with van der Waals surface area (Å²) in [5.74, 6) is -0.819. The van der Waals surface area contributed by atoms with Crippen LogP contribution in [0.3, 0.4) is 0 Å². The normalized spacial score (nSPS) is 15.4. The number of piperazine rings is 1. The highest BCUT2D eigenvalue weighted by molar-refractivity contribution is 5.80. The van der Waals surface area contributed by atoms with Crippen molar-refractivity contribution >= 4 is 17.5 Å². The van der Waals surface area contributed by atoms with Crippen molar-refractivity contribution in [2.75, 3.05) is 31.1 Å². The molecule has 3 heterocycles. The Bertz CT molecular complexity index is 1190. The van der Waals surface area contributed by atoms with Crippen molar-refractivity contribution in [1.29, 1.82) is 0 Å². The first-order chi connectivity index (χ1) is 16.4. The molecular formula is C25H30FN5O3. The lowest BCUT2D eigenvalue weighted by atomic mass is 10.1. The Morgan fingerprint density at radius 3 is 2.74 bits per heavy atom. The molecule has 0 bridgehead atoms. The average molecular weight is 468 g/mol. The highest BCUT2D eigenvalue weighted by Crippen LogP contribution is 2.35. The number of phenolic OH excluding ortho intramolecular Hbond substituents is 2. The summed E-state index contributed by atoms with van der Waals surface area (Å²) in [6.07, 6.45) is 7.22. The van der Waals surface area contributed by atoms with Gasteiger partial charge in [0.1, 0.15) is 11.6 Å². The summed E-state index contributed by atoms with van der Waals surface area (Å²) in [6, 6.07) is 4.11. The van der Waals surface area contributed by atoms with Crippen LogP contribution in [-0.2, 0) is 0 Å². The molecule has 1 unspecified atom stereocenters. The predicted molar refractivity (Wildman–Crippen MR) is 129 cm³/mol. The maximum atomic E-state index is 13.9. The summed E-state index contributed by atoms with van der Waals surface area (Å²) in [4.78, 5) is 17.5. The van der Waals surface area contributed by atoms with Gasteiger partial charge in [-0.1, -0.05) is 6.92 Å². The molecule has 0 radical (unpaired) electrons. The Morgan fingerprint density at radius 2 is 2.00 bits per heavy atom. The number of anilines is 1. The van der Waals surface area contributed by atoms with Crippen LogP contribution in [0.5, 0.6) is 11.5 Å². The molecule has 1 atom stereocenters. The average Bonchev–Trinajstić information content (AvgIpc) is 3.19. The third-order valence-corrected chi connectivity index (χ3v) is 6.01. The summed E-state index contributed by atoms with van der Waals surface area (Å²) >= 11 is 0. The fourth-order valence-corrected chi connectivity index (χ4v) is 4.06. The molecule has 0 amide bonds. The van der Waals surface area contributed by atoms with E-state index < -0.39 is 17.7 Å². The molecule has 9 heteroatoms. The van der Waals surface area contributed by atoms with Crippen LogP contribution in [0.25, 0.3) is 11.6 Å². The molecule has 180 valence electrons. The Kier molecular flexibility index (Phi) is 7.02. The first-order valence-corrected chi connectivity index (χ1v) is 11.4. The number of allylic oxidation sites excluding steroid dienone is 1. The number of nitrogens with one attached hydrogen (secondary N) is 1. The van der Waals surface area contributed by atoms with E-state index in [1.54, 1.807) is 30.2 Å². The second-order valence-corrected chi connectivity index (χ2v) is 8.31. The topological polar surface area (TPSA) is 95.7 Å². The van der Waals surface area contributed by atoms with Crippen LogP contribution >= 0.6 is 0 Å². The molecule has 1 aromatic carbocycles. The van der Waals surface area contributed by atoms with E-state index in [1.165, 1.54) is 6.07 Å². The van der Waals surface area contributed by atoms with Gasteiger partial charge in [-0.05, 0) is 55.7 Å². The molecule has 34 heavy (non-hydrogen) atoms. The number of halogens is 1. The Hall–Kier alpha value is -3.59. The number of rotatable bonds is 7. The number of hydrogen-bond acceptors (Lipinski definition) is 7. The van der Waals surface area contributed by atoms with Gasteiger partial charge >= 0.3 is 0 Å². The van der Waals surface area contributed by atoms with Gasteiger partial charge in [-0.25, -0.2) is 9.37 Å². The third kappa shape index (κ3) is 4.84. The monoisotopic (exact) mass is 467 g/mol. The van der Waals surface area contributed by atoms with Gasteiger partial charge < -0.3 is 25.3 Å². The van der Waals surface area contributed by atoms with E-state index in [1.807, 2.05) is 19.1 Å². The van der Waals surface area contributed by atoms with Crippen LogP contribution in [0.4, 0.5) is 10.2 Å². The molecule has 1 aliphatic heterocycles. The van der Waals surface area contributed by atoms with Gasteiger partial charge in [0.25, 0.3) is 0 Å². The lowest BCUT2D eigenvalue weighted by molar-refractivity contribution is 0.0439. The standard InChI is InChI=1S/C25H30FN5O3/c1-4-18(20-14-28-15-23(29-20)30-11-8-27-9-12-30)13-21-16(2)7-10-31(21)34-17(3)24-22(32)6-5-19(26)25(24)33/h5-7,10,13-15,17,27,32-33H,4,8-9,11-12H2,1-3H3/b18-13+. The van der Waals surface area contributed by atoms with Gasteiger partial charge in [0.15, 0.2) is 17.7 Å². The van der Waals surface area contributed by atoms with Gasteiger partial charge in [0, 0.05) is 32.4 Å². The quantitative estimate of drug-likeness (QED) is 0.488. The van der Waals surface area contributed by atoms with Crippen LogP contribution in [-0.4, -0.2) is 51.1 Å². The Morgan fingerprint density at radius 1 is 1.24 bits per heavy atom. The van der Waals surface area contributed by atoms with E-state index in [4.69, 9.17) is 9.82 Å². The van der Waals surface area contributed by atoms with E-state index in [0.717, 1.165) is 67.0 Å². The van der Waals surface area contributed by atoms with Crippen LogP contribution in [0.2, 0.25) is 0 Å². The number of hydrogen-bond donors (Lipinski definition) is 3. The van der Waals surface area contributed by atoms with Crippen molar-refractivity contribution in [2.45, 2.75) is 33.3 Å². The summed E-state index contributed by atoms with van der Waals surface area (Å²) in [6.45, 7) is 9.26. The number of benzene rings is 1. The summed E-state index contributed by atoms with van der Waals surface area (Å²) in [5, 5.41) is 23.6. The minimum Gasteiger partial charge on any atom is -0.507 e. The molecule has 0 saturated carbocycles. The van der Waals surface area contributed by atoms with Crippen LogP contribution in [0, 0.1) is 12.7 Å². The van der Waals surface area contributed by atoms with Gasteiger partial charge in [-0.3, -0.25) is 4.98 Å². The second kappa shape index (κ2) is 10.1. The maximum Gasteiger partial charge on any atom is 0.165 e. The van der Waals surface area contributed by atoms with Gasteiger partial charge in [-0.2, -0.15) is 4.73 Å². The minimum atomic E-state index is -0.816. The van der Waals surface area contributed by atoms with E-state index in [0.29, 0.717) is 0 Å². The van der Waals surface area contributed by atoms with E-state index in [2.05, 4.69) is 22.1 Å². The van der Waals surface area contributed by atoms with E-state index in [-0.39, 0.29) is 11.3 Å². The molecule has 0 spiro atoms. The van der Waals surface area contributed by atoms with Crippen molar-refractivity contribution < 1.29 is 19.4 Å². The fourth-order valence-electron chi connectivity index (χ4n) is 4.06. The number of aromatic nitrogens is 3. The summed E-state index contributed by atoms with van der Waals surface area (Å²) in [5.41, 5.74) is 3.52. The number of aromatic hydroxyl groups is 2. The number of nitrogens with zero attached hydrogens (tertiary/aromatic N) is 4. The Labute approximate surface area is 198 Å². The van der Waals surface area contributed by atoms with E-state index in [9.17, 15) is 14.6 Å². The fraction of sp³-hybridized carbons (Fsp3) is 0.360. The molecule has 1 fully saturated rings. The largest absolute Gasteiger partial charge is 0.507 e. The molecule has 1 saturated heterocycles. The highest BCUT2D eigenvalue weighted by Gasteiger charge is 2.22. The SMILES string of the molecule is CC/C(=C\c1c(C)ccn1OC(C)c1c(O)ccc(F)c1O)c1cncc(N2CCNCC2)n1. The smallest absolute Gasteiger partial charge is 0.165 e. The van der Waals surface area contributed by atoms with Crippen molar-refractivity contribution in [3.05, 3.63) is 65.1 Å².